The Balaban J connectivity index is 1.76. The second-order valence-electron chi connectivity index (χ2n) is 5.18. The maximum Gasteiger partial charge on any atom is 0.573 e. The van der Waals surface area contributed by atoms with E-state index >= 15 is 0 Å². The van der Waals surface area contributed by atoms with Crippen molar-refractivity contribution in [3.63, 3.8) is 0 Å². The van der Waals surface area contributed by atoms with E-state index in [2.05, 4.69) is 10.1 Å². The third-order valence-electron chi connectivity index (χ3n) is 3.09. The lowest BCUT2D eigenvalue weighted by Gasteiger charge is -2.10. The summed E-state index contributed by atoms with van der Waals surface area (Å²) in [7, 11) is 0. The number of anilines is 1. The molecule has 0 aromatic heterocycles. The van der Waals surface area contributed by atoms with Crippen molar-refractivity contribution < 1.29 is 37.0 Å². The molecule has 2 rings (SSSR count). The number of nitriles is 1. The molecule has 1 amide bonds. The molecule has 0 aliphatic rings. The molecule has 7 nitrogen and oxygen atoms in total. The van der Waals surface area contributed by atoms with Gasteiger partial charge in [-0.05, 0) is 36.4 Å². The molecule has 0 heterocycles. The maximum atomic E-state index is 12.1. The largest absolute Gasteiger partial charge is 0.573 e. The summed E-state index contributed by atoms with van der Waals surface area (Å²) < 4.78 is 49.8. The Kier molecular flexibility index (Phi) is 6.81. The summed E-state index contributed by atoms with van der Waals surface area (Å²) in [6.07, 6.45) is -4.81. The van der Waals surface area contributed by atoms with E-state index in [-0.39, 0.29) is 17.0 Å². The van der Waals surface area contributed by atoms with Gasteiger partial charge in [-0.2, -0.15) is 5.26 Å². The van der Waals surface area contributed by atoms with E-state index < -0.39 is 37.2 Å². The average molecular weight is 394 g/mol. The lowest BCUT2D eigenvalue weighted by molar-refractivity contribution is -0.274. The molecule has 146 valence electrons. The van der Waals surface area contributed by atoms with Gasteiger partial charge in [-0.25, -0.2) is 4.79 Å². The number of hydrogen-bond acceptors (Lipinski definition) is 6. The highest BCUT2D eigenvalue weighted by atomic mass is 19.4. The van der Waals surface area contributed by atoms with Gasteiger partial charge in [-0.15, -0.1) is 13.2 Å². The lowest BCUT2D eigenvalue weighted by atomic mass is 10.2. The van der Waals surface area contributed by atoms with Gasteiger partial charge in [0.2, 0.25) is 0 Å². The van der Waals surface area contributed by atoms with Crippen LogP contribution in [-0.4, -0.2) is 31.5 Å². The zero-order valence-electron chi connectivity index (χ0n) is 14.2. The minimum absolute atomic E-state index is 0.190. The van der Waals surface area contributed by atoms with Crippen LogP contribution < -0.4 is 14.8 Å². The van der Waals surface area contributed by atoms with Crippen LogP contribution in [0.15, 0.2) is 48.5 Å². The normalized spacial score (nSPS) is 10.5. The molecule has 0 unspecified atom stereocenters. The van der Waals surface area contributed by atoms with Crippen LogP contribution in [0.25, 0.3) is 0 Å². The van der Waals surface area contributed by atoms with Crippen LogP contribution in [0.1, 0.15) is 5.56 Å². The Hall–Kier alpha value is -3.74. The van der Waals surface area contributed by atoms with Crippen molar-refractivity contribution in [3.05, 3.63) is 54.1 Å². The Morgan fingerprint density at radius 3 is 2.36 bits per heavy atom. The fraction of sp³-hybridized carbons (Fsp3) is 0.167. The van der Waals surface area contributed by atoms with Gasteiger partial charge >= 0.3 is 12.3 Å². The Morgan fingerprint density at radius 1 is 1.04 bits per heavy atom. The lowest BCUT2D eigenvalue weighted by Crippen LogP contribution is -2.23. The molecular formula is C18H13F3N2O5. The summed E-state index contributed by atoms with van der Waals surface area (Å²) in [4.78, 5) is 23.3. The second-order valence-corrected chi connectivity index (χ2v) is 5.18. The summed E-state index contributed by atoms with van der Waals surface area (Å²) in [5.41, 5.74) is 0.431. The molecule has 2 aromatic rings. The Bertz CT molecular complexity index is 876. The number of esters is 1. The second kappa shape index (κ2) is 9.27. The number of ether oxygens (including phenoxy) is 3. The quantitative estimate of drug-likeness (QED) is 0.725. The first-order chi connectivity index (χ1) is 13.3. The fourth-order valence-corrected chi connectivity index (χ4v) is 1.95. The van der Waals surface area contributed by atoms with Crippen molar-refractivity contribution in [1.82, 2.24) is 0 Å². The molecule has 0 radical (unpaired) electrons. The molecule has 0 aliphatic carbocycles. The minimum atomic E-state index is -4.81. The topological polar surface area (TPSA) is 97.6 Å². The molecule has 0 bridgehead atoms. The fourth-order valence-electron chi connectivity index (χ4n) is 1.95. The molecule has 1 N–H and O–H groups in total. The number of benzene rings is 2. The summed E-state index contributed by atoms with van der Waals surface area (Å²) in [5, 5.41) is 11.3. The molecular weight excluding hydrogens is 381 g/mol. The van der Waals surface area contributed by atoms with Gasteiger partial charge in [0.15, 0.2) is 13.2 Å². The molecule has 0 saturated heterocycles. The summed E-state index contributed by atoms with van der Waals surface area (Å²) in [5.74, 6) is -1.77. The van der Waals surface area contributed by atoms with Crippen LogP contribution in [0.2, 0.25) is 0 Å². The van der Waals surface area contributed by atoms with Crippen LogP contribution in [0.3, 0.4) is 0 Å². The van der Waals surface area contributed by atoms with Gasteiger partial charge in [0.05, 0.1) is 5.56 Å². The van der Waals surface area contributed by atoms with E-state index in [0.717, 1.165) is 12.1 Å². The SMILES string of the molecule is N#Cc1ccccc1OCC(=O)OCC(=O)Nc1ccc(OC(F)(F)F)cc1. The van der Waals surface area contributed by atoms with Crippen molar-refractivity contribution in [2.75, 3.05) is 18.5 Å². The van der Waals surface area contributed by atoms with Crippen LogP contribution in [0, 0.1) is 11.3 Å². The number of rotatable bonds is 7. The molecule has 0 atom stereocenters. The van der Waals surface area contributed by atoms with E-state index in [1.54, 1.807) is 12.1 Å². The Labute approximate surface area is 157 Å². The highest BCUT2D eigenvalue weighted by Crippen LogP contribution is 2.23. The van der Waals surface area contributed by atoms with E-state index in [4.69, 9.17) is 14.7 Å². The highest BCUT2D eigenvalue weighted by Gasteiger charge is 2.30. The monoisotopic (exact) mass is 394 g/mol. The predicted molar refractivity (Wildman–Crippen MR) is 89.4 cm³/mol. The van der Waals surface area contributed by atoms with Gasteiger partial charge in [0.1, 0.15) is 17.6 Å². The standard InChI is InChI=1S/C18H13F3N2O5/c19-18(20,21)28-14-7-5-13(6-8-14)23-16(24)10-27-17(25)11-26-15-4-2-1-3-12(15)9-22/h1-8H,10-11H2,(H,23,24). The number of alkyl halides is 3. The smallest absolute Gasteiger partial charge is 0.481 e. The number of nitrogens with zero attached hydrogens (tertiary/aromatic N) is 1. The van der Waals surface area contributed by atoms with E-state index in [9.17, 15) is 22.8 Å². The van der Waals surface area contributed by atoms with Gasteiger partial charge in [0.25, 0.3) is 5.91 Å². The van der Waals surface area contributed by atoms with Gasteiger partial charge in [0, 0.05) is 5.69 Å². The van der Waals surface area contributed by atoms with Gasteiger partial charge in [-0.1, -0.05) is 12.1 Å². The van der Waals surface area contributed by atoms with Crippen molar-refractivity contribution in [2.24, 2.45) is 0 Å². The molecule has 0 aliphatic heterocycles. The van der Waals surface area contributed by atoms with Gasteiger partial charge < -0.3 is 19.5 Å². The minimum Gasteiger partial charge on any atom is -0.481 e. The van der Waals surface area contributed by atoms with Crippen LogP contribution >= 0.6 is 0 Å². The number of para-hydroxylation sites is 1. The van der Waals surface area contributed by atoms with E-state index in [0.29, 0.717) is 0 Å². The highest BCUT2D eigenvalue weighted by molar-refractivity contribution is 5.92. The molecule has 10 heteroatoms. The first-order valence-electron chi connectivity index (χ1n) is 7.70. The number of carbonyl (C=O) groups excluding carboxylic acids is 2. The van der Waals surface area contributed by atoms with Crippen molar-refractivity contribution in [2.45, 2.75) is 6.36 Å². The summed E-state index contributed by atoms with van der Waals surface area (Å²) in [6, 6.07) is 12.6. The predicted octanol–water partition coefficient (Wildman–Crippen LogP) is 3.02. The van der Waals surface area contributed by atoms with Crippen LogP contribution in [0.5, 0.6) is 11.5 Å². The average Bonchev–Trinajstić information content (AvgIpc) is 2.65. The number of amides is 1. The van der Waals surface area contributed by atoms with Crippen LogP contribution in [-0.2, 0) is 14.3 Å². The maximum absolute atomic E-state index is 12.1. The zero-order chi connectivity index (χ0) is 20.6. The van der Waals surface area contributed by atoms with E-state index in [1.165, 1.54) is 24.3 Å². The summed E-state index contributed by atoms with van der Waals surface area (Å²) >= 11 is 0. The zero-order valence-corrected chi connectivity index (χ0v) is 14.2. The Morgan fingerprint density at radius 2 is 1.71 bits per heavy atom. The first kappa shape index (κ1) is 20.6. The first-order valence-corrected chi connectivity index (χ1v) is 7.70. The third kappa shape index (κ3) is 6.87. The molecule has 28 heavy (non-hydrogen) atoms. The van der Waals surface area contributed by atoms with Crippen molar-refractivity contribution in [3.8, 4) is 17.6 Å². The van der Waals surface area contributed by atoms with Crippen molar-refractivity contribution in [1.29, 1.82) is 5.26 Å². The summed E-state index contributed by atoms with van der Waals surface area (Å²) in [6.45, 7) is -1.13. The van der Waals surface area contributed by atoms with E-state index in [1.807, 2.05) is 6.07 Å². The number of halogens is 3. The molecule has 2 aromatic carbocycles. The third-order valence-corrected chi connectivity index (χ3v) is 3.09. The number of hydrogen-bond donors (Lipinski definition) is 1. The molecule has 0 saturated carbocycles. The number of nitrogens with one attached hydrogen (secondary N) is 1. The van der Waals surface area contributed by atoms with Gasteiger partial charge in [-0.3, -0.25) is 4.79 Å². The molecule has 0 fully saturated rings. The van der Waals surface area contributed by atoms with Crippen molar-refractivity contribution >= 4 is 17.6 Å². The molecule has 0 spiro atoms. The van der Waals surface area contributed by atoms with Crippen LogP contribution in [0.4, 0.5) is 18.9 Å². The number of carbonyl (C=O) groups is 2.